The molecule has 0 aliphatic carbocycles. The Bertz CT molecular complexity index is 907. The highest BCUT2D eigenvalue weighted by molar-refractivity contribution is 5.85. The fraction of sp³-hybridized carbons (Fsp3) is 0.364. The third-order valence-electron chi connectivity index (χ3n) is 5.00. The van der Waals surface area contributed by atoms with E-state index < -0.39 is 0 Å². The van der Waals surface area contributed by atoms with Crippen molar-refractivity contribution in [3.63, 3.8) is 0 Å². The Balaban J connectivity index is 1.56. The number of fused-ring (bicyclic) bond motifs is 1. The smallest absolute Gasteiger partial charge is 0.317 e. The van der Waals surface area contributed by atoms with E-state index >= 15 is 0 Å². The molecule has 5 heteroatoms. The van der Waals surface area contributed by atoms with Gasteiger partial charge in [-0.05, 0) is 49.9 Å². The average Bonchev–Trinajstić information content (AvgIpc) is 2.97. The van der Waals surface area contributed by atoms with Gasteiger partial charge in [-0.2, -0.15) is 0 Å². The summed E-state index contributed by atoms with van der Waals surface area (Å²) in [5, 5.41) is 9.52. The van der Waals surface area contributed by atoms with Crippen LogP contribution in [0.1, 0.15) is 29.5 Å². The van der Waals surface area contributed by atoms with Crippen molar-refractivity contribution in [3.05, 3.63) is 65.0 Å². The van der Waals surface area contributed by atoms with Gasteiger partial charge in [0, 0.05) is 25.2 Å². The molecule has 0 radical (unpaired) electrons. The number of urea groups is 1. The molecule has 1 atom stereocenters. The van der Waals surface area contributed by atoms with E-state index in [4.69, 9.17) is 4.52 Å². The van der Waals surface area contributed by atoms with Gasteiger partial charge in [-0.1, -0.05) is 47.6 Å². The Labute approximate surface area is 160 Å². The summed E-state index contributed by atoms with van der Waals surface area (Å²) in [6, 6.07) is 14.6. The van der Waals surface area contributed by atoms with Crippen molar-refractivity contribution in [1.29, 1.82) is 0 Å². The van der Waals surface area contributed by atoms with Gasteiger partial charge >= 0.3 is 6.03 Å². The summed E-state index contributed by atoms with van der Waals surface area (Å²) in [4.78, 5) is 14.3. The van der Waals surface area contributed by atoms with Crippen LogP contribution >= 0.6 is 0 Å². The Morgan fingerprint density at radius 1 is 1.19 bits per heavy atom. The van der Waals surface area contributed by atoms with E-state index in [2.05, 4.69) is 46.9 Å². The van der Waals surface area contributed by atoms with Gasteiger partial charge in [0.05, 0.1) is 5.69 Å². The van der Waals surface area contributed by atoms with Gasteiger partial charge in [0.25, 0.3) is 0 Å². The quantitative estimate of drug-likeness (QED) is 0.710. The number of likely N-dealkylation sites (N-methyl/N-ethyl adjacent to an activating group) is 1. The van der Waals surface area contributed by atoms with Crippen LogP contribution in [0.4, 0.5) is 4.79 Å². The fourth-order valence-electron chi connectivity index (χ4n) is 3.37. The van der Waals surface area contributed by atoms with Gasteiger partial charge in [0.15, 0.2) is 0 Å². The zero-order chi connectivity index (χ0) is 19.4. The SMILES string of the molecule is Cc1noc(C)c1CC(C)NC(=O)N(C)CCc1cccc2ccccc12. The van der Waals surface area contributed by atoms with Crippen LogP contribution in [0, 0.1) is 13.8 Å². The van der Waals surface area contributed by atoms with Gasteiger partial charge < -0.3 is 14.7 Å². The first kappa shape index (κ1) is 19.0. The first-order chi connectivity index (χ1) is 13.0. The fourth-order valence-corrected chi connectivity index (χ4v) is 3.37. The van der Waals surface area contributed by atoms with Gasteiger partial charge in [-0.3, -0.25) is 0 Å². The largest absolute Gasteiger partial charge is 0.361 e. The van der Waals surface area contributed by atoms with E-state index in [1.807, 2.05) is 33.9 Å². The lowest BCUT2D eigenvalue weighted by Crippen LogP contribution is -2.43. The molecular formula is C22H27N3O2. The van der Waals surface area contributed by atoms with E-state index in [9.17, 15) is 4.79 Å². The van der Waals surface area contributed by atoms with Crippen LogP contribution in [-0.2, 0) is 12.8 Å². The molecule has 3 aromatic rings. The second-order valence-electron chi connectivity index (χ2n) is 7.17. The number of amides is 2. The number of benzene rings is 2. The molecule has 0 saturated heterocycles. The summed E-state index contributed by atoms with van der Waals surface area (Å²) in [7, 11) is 1.84. The molecule has 1 N–H and O–H groups in total. The van der Waals surface area contributed by atoms with E-state index in [1.165, 1.54) is 16.3 Å². The highest BCUT2D eigenvalue weighted by Crippen LogP contribution is 2.19. The summed E-state index contributed by atoms with van der Waals surface area (Å²) in [5.41, 5.74) is 3.22. The summed E-state index contributed by atoms with van der Waals surface area (Å²) in [6.45, 7) is 6.50. The molecule has 0 aliphatic rings. The molecule has 142 valence electrons. The Morgan fingerprint density at radius 3 is 2.67 bits per heavy atom. The molecule has 0 bridgehead atoms. The molecule has 2 amide bonds. The third-order valence-corrected chi connectivity index (χ3v) is 5.00. The van der Waals surface area contributed by atoms with Crippen LogP contribution in [0.5, 0.6) is 0 Å². The Kier molecular flexibility index (Phi) is 5.79. The molecule has 5 nitrogen and oxygen atoms in total. The van der Waals surface area contributed by atoms with Crippen LogP contribution < -0.4 is 5.32 Å². The third kappa shape index (κ3) is 4.48. The predicted molar refractivity (Wildman–Crippen MR) is 108 cm³/mol. The van der Waals surface area contributed by atoms with Crippen LogP contribution in [0.15, 0.2) is 47.0 Å². The monoisotopic (exact) mass is 365 g/mol. The molecule has 0 saturated carbocycles. The number of carbonyl (C=O) groups is 1. The molecule has 1 aromatic heterocycles. The van der Waals surface area contributed by atoms with Crippen molar-refractivity contribution >= 4 is 16.8 Å². The molecule has 27 heavy (non-hydrogen) atoms. The average molecular weight is 365 g/mol. The summed E-state index contributed by atoms with van der Waals surface area (Å²) < 4.78 is 5.20. The van der Waals surface area contributed by atoms with Crippen LogP contribution in [0.2, 0.25) is 0 Å². The van der Waals surface area contributed by atoms with Crippen LogP contribution in [-0.4, -0.2) is 35.7 Å². The van der Waals surface area contributed by atoms with E-state index in [1.54, 1.807) is 4.90 Å². The summed E-state index contributed by atoms with van der Waals surface area (Å²) in [6.07, 6.45) is 1.54. The second kappa shape index (κ2) is 8.25. The molecule has 0 spiro atoms. The van der Waals surface area contributed by atoms with Crippen molar-refractivity contribution in [3.8, 4) is 0 Å². The maximum atomic E-state index is 12.5. The number of aryl methyl sites for hydroxylation is 2. The highest BCUT2D eigenvalue weighted by atomic mass is 16.5. The number of aromatic nitrogens is 1. The molecule has 1 heterocycles. The maximum absolute atomic E-state index is 12.5. The zero-order valence-corrected chi connectivity index (χ0v) is 16.5. The van der Waals surface area contributed by atoms with Gasteiger partial charge in [-0.15, -0.1) is 0 Å². The lowest BCUT2D eigenvalue weighted by molar-refractivity contribution is 0.206. The summed E-state index contributed by atoms with van der Waals surface area (Å²) >= 11 is 0. The highest BCUT2D eigenvalue weighted by Gasteiger charge is 2.16. The van der Waals surface area contributed by atoms with Crippen molar-refractivity contribution < 1.29 is 9.32 Å². The number of nitrogens with one attached hydrogen (secondary N) is 1. The number of nitrogens with zero attached hydrogens (tertiary/aromatic N) is 2. The Morgan fingerprint density at radius 2 is 1.93 bits per heavy atom. The Hall–Kier alpha value is -2.82. The number of rotatable bonds is 6. The normalized spacial score (nSPS) is 12.1. The topological polar surface area (TPSA) is 58.4 Å². The zero-order valence-electron chi connectivity index (χ0n) is 16.5. The number of carbonyl (C=O) groups excluding carboxylic acids is 1. The van der Waals surface area contributed by atoms with E-state index in [0.29, 0.717) is 13.0 Å². The van der Waals surface area contributed by atoms with Crippen LogP contribution in [0.25, 0.3) is 10.8 Å². The lowest BCUT2D eigenvalue weighted by Gasteiger charge is -2.21. The number of hydrogen-bond acceptors (Lipinski definition) is 3. The van der Waals surface area contributed by atoms with Gasteiger partial charge in [-0.25, -0.2) is 4.79 Å². The molecule has 1 unspecified atom stereocenters. The van der Waals surface area contributed by atoms with Crippen molar-refractivity contribution in [1.82, 2.24) is 15.4 Å². The van der Waals surface area contributed by atoms with Crippen LogP contribution in [0.3, 0.4) is 0 Å². The minimum atomic E-state index is -0.0607. The first-order valence-electron chi connectivity index (χ1n) is 9.35. The molecule has 0 fully saturated rings. The molecule has 3 rings (SSSR count). The molecule has 0 aliphatic heterocycles. The second-order valence-corrected chi connectivity index (χ2v) is 7.17. The molecular weight excluding hydrogens is 338 g/mol. The number of hydrogen-bond donors (Lipinski definition) is 1. The van der Waals surface area contributed by atoms with Crippen molar-refractivity contribution in [2.75, 3.05) is 13.6 Å². The summed E-state index contributed by atoms with van der Waals surface area (Å²) in [5.74, 6) is 0.818. The first-order valence-corrected chi connectivity index (χ1v) is 9.35. The predicted octanol–water partition coefficient (Wildman–Crippen LogP) is 4.26. The van der Waals surface area contributed by atoms with Crippen molar-refractivity contribution in [2.45, 2.75) is 39.7 Å². The minimum Gasteiger partial charge on any atom is -0.361 e. The maximum Gasteiger partial charge on any atom is 0.317 e. The standard InChI is InChI=1S/C22H27N3O2/c1-15(14-21-16(2)24-27-17(21)3)23-22(26)25(4)13-12-19-10-7-9-18-8-5-6-11-20(18)19/h5-11,15H,12-14H2,1-4H3,(H,23,26). The van der Waals surface area contributed by atoms with E-state index in [0.717, 1.165) is 23.4 Å². The minimum absolute atomic E-state index is 0.00862. The molecule has 2 aromatic carbocycles. The van der Waals surface area contributed by atoms with Gasteiger partial charge in [0.1, 0.15) is 5.76 Å². The van der Waals surface area contributed by atoms with Gasteiger partial charge in [0.2, 0.25) is 0 Å². The van der Waals surface area contributed by atoms with Crippen molar-refractivity contribution in [2.24, 2.45) is 0 Å². The lowest BCUT2D eigenvalue weighted by atomic mass is 10.0. The van der Waals surface area contributed by atoms with E-state index in [-0.39, 0.29) is 12.1 Å².